The minimum atomic E-state index is -3.02. The zero-order chi connectivity index (χ0) is 49.5. The summed E-state index contributed by atoms with van der Waals surface area (Å²) < 4.78 is 47.5. The first-order chi connectivity index (χ1) is 32.8. The molecule has 0 radical (unpaired) electrons. The van der Waals surface area contributed by atoms with Crippen molar-refractivity contribution in [1.29, 1.82) is 0 Å². The summed E-state index contributed by atoms with van der Waals surface area (Å²) in [5.41, 5.74) is -0.359. The van der Waals surface area contributed by atoms with Gasteiger partial charge in [0.2, 0.25) is 17.7 Å². The van der Waals surface area contributed by atoms with Crippen molar-refractivity contribution < 1.29 is 71.9 Å². The summed E-state index contributed by atoms with van der Waals surface area (Å²) >= 11 is 2.96. The molecule has 1 aliphatic heterocycles. The Hall–Kier alpha value is -5.41. The number of hydrogen-bond donors (Lipinski definition) is 7. The first-order valence-electron chi connectivity index (χ1n) is 23.0. The lowest BCUT2D eigenvalue weighted by Gasteiger charge is -2.56. The summed E-state index contributed by atoms with van der Waals surface area (Å²) in [6, 6.07) is 11.7. The van der Waals surface area contributed by atoms with Gasteiger partial charge in [-0.05, 0) is 85.8 Å². The van der Waals surface area contributed by atoms with Gasteiger partial charge in [0.1, 0.15) is 19.3 Å². The van der Waals surface area contributed by atoms with E-state index < -0.39 is 121 Å². The summed E-state index contributed by atoms with van der Waals surface area (Å²) in [5.74, 6) is -7.23. The molecule has 20 heteroatoms. The number of halogens is 3. The quantitative estimate of drug-likeness (QED) is 0.109. The number of aliphatic hydroxyl groups is 2. The van der Waals surface area contributed by atoms with E-state index in [4.69, 9.17) is 19.3 Å². The van der Waals surface area contributed by atoms with Crippen LogP contribution in [0.25, 0.3) is 0 Å². The average molecular weight is 1030 g/mol. The standard InChI is InChI=1S/C49H55BrF2N4O13/c1-46-15-14-31(58)16-29(46)8-11-32-33-17-38-49(37(60)22-57,34(33)18-36(59)42(32)46)69-44(68-38)28-6-2-26(3-7-28)19-47(24-48(51,52)25-47)56-45(66)67-23-27-4-9-30(10-5-27)54-43(65)35(12-13-41(63)64)55-40(62)21-53-39(61)20-50/h2-7,9-10,14-16,32-36,38,42,44,57,59H,8,11-13,17-25H2,1H3,(H,53,61)(H,54,65)(H,55,62)(H,56,66)(H,63,64)/t32-,33-,34?,35-,36-,38+,42+,44+,46-,49+/m0/s1. The van der Waals surface area contributed by atoms with Gasteiger partial charge in [0.05, 0.1) is 29.6 Å². The second-order valence-corrected chi connectivity index (χ2v) is 20.0. The molecular weight excluding hydrogens is 970 g/mol. The number of carboxylic acids is 1. The molecule has 0 aromatic heterocycles. The molecule has 370 valence electrons. The van der Waals surface area contributed by atoms with Crippen molar-refractivity contribution in [2.24, 2.45) is 29.1 Å². The molecule has 69 heavy (non-hydrogen) atoms. The average Bonchev–Trinajstić information content (AvgIpc) is 3.83. The maximum Gasteiger partial charge on any atom is 0.407 e. The molecule has 1 unspecified atom stereocenters. The number of hydrogen-bond acceptors (Lipinski definition) is 12. The highest BCUT2D eigenvalue weighted by molar-refractivity contribution is 9.09. The van der Waals surface area contributed by atoms with Crippen molar-refractivity contribution in [3.63, 3.8) is 0 Å². The normalized spacial score (nSPS) is 30.4. The third-order valence-electron chi connectivity index (χ3n) is 15.0. The van der Waals surface area contributed by atoms with Crippen LogP contribution in [0.15, 0.2) is 72.3 Å². The topological polar surface area (TPSA) is 256 Å². The summed E-state index contributed by atoms with van der Waals surface area (Å²) in [7, 11) is 0. The summed E-state index contributed by atoms with van der Waals surface area (Å²) in [6.07, 6.45) is 2.07. The van der Waals surface area contributed by atoms with Gasteiger partial charge in [-0.1, -0.05) is 70.9 Å². The Labute approximate surface area is 404 Å². The molecular formula is C49H55BrF2N4O13. The van der Waals surface area contributed by atoms with Crippen molar-refractivity contribution in [3.05, 3.63) is 89.0 Å². The van der Waals surface area contributed by atoms with E-state index >= 15 is 0 Å². The second kappa shape index (κ2) is 19.8. The highest BCUT2D eigenvalue weighted by Gasteiger charge is 2.70. The molecule has 8 rings (SSSR count). The number of carbonyl (C=O) groups excluding carboxylic acids is 6. The van der Waals surface area contributed by atoms with E-state index in [2.05, 4.69) is 44.1 Å². The van der Waals surface area contributed by atoms with Gasteiger partial charge in [-0.15, -0.1) is 0 Å². The monoisotopic (exact) mass is 1020 g/mol. The van der Waals surface area contributed by atoms with Crippen LogP contribution in [0.2, 0.25) is 0 Å². The summed E-state index contributed by atoms with van der Waals surface area (Å²) in [5, 5.41) is 41.1. The number of alkyl carbamates (subject to hydrolysis) is 1. The fourth-order valence-electron chi connectivity index (χ4n) is 12.0. The lowest BCUT2D eigenvalue weighted by Crippen LogP contribution is -2.63. The molecule has 1 saturated heterocycles. The Morgan fingerprint density at radius 3 is 2.35 bits per heavy atom. The largest absolute Gasteiger partial charge is 0.481 e. The number of ether oxygens (including phenoxy) is 3. The minimum absolute atomic E-state index is 0.0268. The SMILES string of the molecule is C[C@]12C=CC(=O)C=C1CC[C@@H]1[C@@H]2[C@@H](O)CC2[C@H]1C[C@H]1O[C@@H](c3ccc(CC4(NC(=O)OCc5ccc(NC(=O)[C@H](CCC(=O)O)NC(=O)CNC(=O)CBr)cc5)CC(F)(F)C4)cc3)O[C@@]21C(=O)CO. The molecule has 5 fully saturated rings. The number of alkyl halides is 3. The van der Waals surface area contributed by atoms with Gasteiger partial charge in [0, 0.05) is 47.8 Å². The van der Waals surface area contributed by atoms with Crippen LogP contribution in [-0.4, -0.2) is 110 Å². The predicted octanol–water partition coefficient (Wildman–Crippen LogP) is 4.34. The van der Waals surface area contributed by atoms with Crippen molar-refractivity contribution in [2.75, 3.05) is 23.8 Å². The Morgan fingerprint density at radius 2 is 1.68 bits per heavy atom. The molecule has 17 nitrogen and oxygen atoms in total. The number of aliphatic carboxylic acids is 1. The number of allylic oxidation sites excluding steroid dienone is 4. The number of benzene rings is 2. The van der Waals surface area contributed by atoms with E-state index in [9.17, 15) is 52.6 Å². The smallest absolute Gasteiger partial charge is 0.407 e. The third kappa shape index (κ3) is 10.3. The molecule has 4 saturated carbocycles. The first-order valence-corrected chi connectivity index (χ1v) is 24.1. The Kier molecular flexibility index (Phi) is 14.3. The molecule has 2 aromatic rings. The van der Waals surface area contributed by atoms with Crippen molar-refractivity contribution in [1.82, 2.24) is 16.0 Å². The Balaban J connectivity index is 0.864. The Morgan fingerprint density at radius 1 is 0.971 bits per heavy atom. The number of Topliss-reactive ketones (excluding diaryl/α,β-unsaturated/α-hetero) is 1. The van der Waals surface area contributed by atoms with Crippen molar-refractivity contribution in [3.8, 4) is 0 Å². The van der Waals surface area contributed by atoms with Gasteiger partial charge in [-0.3, -0.25) is 28.8 Å². The fraction of sp³-hybridized carbons (Fsp3) is 0.531. The van der Waals surface area contributed by atoms with Crippen LogP contribution < -0.4 is 21.3 Å². The van der Waals surface area contributed by atoms with Gasteiger partial charge in [-0.2, -0.15) is 0 Å². The van der Waals surface area contributed by atoms with Crippen LogP contribution >= 0.6 is 15.9 Å². The number of ketones is 2. The highest BCUT2D eigenvalue weighted by atomic mass is 79.9. The number of amides is 4. The van der Waals surface area contributed by atoms with E-state index in [1.165, 1.54) is 12.1 Å². The summed E-state index contributed by atoms with van der Waals surface area (Å²) in [6.45, 7) is 0.620. The van der Waals surface area contributed by atoms with E-state index in [0.29, 0.717) is 29.5 Å². The molecule has 4 amide bonds. The zero-order valence-electron chi connectivity index (χ0n) is 37.7. The number of fused-ring (bicyclic) bond motifs is 7. The number of aliphatic hydroxyl groups excluding tert-OH is 2. The van der Waals surface area contributed by atoms with E-state index in [1.54, 1.807) is 48.6 Å². The number of nitrogens with one attached hydrogen (secondary N) is 4. The maximum atomic E-state index is 14.5. The predicted molar refractivity (Wildman–Crippen MR) is 243 cm³/mol. The van der Waals surface area contributed by atoms with E-state index in [0.717, 1.165) is 12.0 Å². The van der Waals surface area contributed by atoms with Gasteiger partial charge in [0.25, 0.3) is 5.92 Å². The van der Waals surface area contributed by atoms with Crippen LogP contribution in [0.5, 0.6) is 0 Å². The fourth-order valence-corrected chi connectivity index (χ4v) is 12.2. The number of carboxylic acid groups (broad SMARTS) is 1. The zero-order valence-corrected chi connectivity index (χ0v) is 39.3. The molecule has 10 atom stereocenters. The number of anilines is 1. The number of carbonyl (C=O) groups is 7. The molecule has 0 spiro atoms. The van der Waals surface area contributed by atoms with Crippen LogP contribution in [-0.2, 0) is 56.0 Å². The van der Waals surface area contributed by atoms with E-state index in [-0.39, 0.29) is 60.4 Å². The Bertz CT molecular complexity index is 2430. The molecule has 0 bridgehead atoms. The molecule has 1 heterocycles. The van der Waals surface area contributed by atoms with Crippen LogP contribution in [0.3, 0.4) is 0 Å². The lowest BCUT2D eigenvalue weighted by molar-refractivity contribution is -0.174. The number of rotatable bonds is 17. The molecule has 5 aliphatic carbocycles. The molecule has 6 aliphatic rings. The molecule has 7 N–H and O–H groups in total. The second-order valence-electron chi connectivity index (χ2n) is 19.4. The van der Waals surface area contributed by atoms with Gasteiger partial charge in [-0.25, -0.2) is 13.6 Å². The van der Waals surface area contributed by atoms with Gasteiger partial charge >= 0.3 is 12.1 Å². The summed E-state index contributed by atoms with van der Waals surface area (Å²) in [4.78, 5) is 87.1. The van der Waals surface area contributed by atoms with Gasteiger partial charge < -0.3 is 50.8 Å². The van der Waals surface area contributed by atoms with Crippen molar-refractivity contribution in [2.45, 2.75) is 113 Å². The highest BCUT2D eigenvalue weighted by Crippen LogP contribution is 2.65. The van der Waals surface area contributed by atoms with Gasteiger partial charge in [0.15, 0.2) is 23.5 Å². The maximum absolute atomic E-state index is 14.5. The van der Waals surface area contributed by atoms with Crippen LogP contribution in [0.1, 0.15) is 81.3 Å². The third-order valence-corrected chi connectivity index (χ3v) is 15.5. The van der Waals surface area contributed by atoms with Crippen molar-refractivity contribution >= 4 is 63.0 Å². The van der Waals surface area contributed by atoms with Crippen LogP contribution in [0.4, 0.5) is 19.3 Å². The van der Waals surface area contributed by atoms with E-state index in [1.807, 2.05) is 6.08 Å². The minimum Gasteiger partial charge on any atom is -0.481 e. The molecule has 2 aromatic carbocycles. The first kappa shape index (κ1) is 50.0. The van der Waals surface area contributed by atoms with Crippen LogP contribution in [0, 0.1) is 29.1 Å². The lowest BCUT2D eigenvalue weighted by atomic mass is 9.49.